The van der Waals surface area contributed by atoms with Crippen LogP contribution in [-0.4, -0.2) is 50.6 Å². The van der Waals surface area contributed by atoms with E-state index in [4.69, 9.17) is 0 Å². The number of tetrazole rings is 1. The molecule has 0 spiro atoms. The Labute approximate surface area is 239 Å². The van der Waals surface area contributed by atoms with Crippen molar-refractivity contribution in [1.29, 1.82) is 0 Å². The first-order valence-corrected chi connectivity index (χ1v) is 12.9. The fraction of sp³-hybridized carbons (Fsp3) is 0.462. The summed E-state index contributed by atoms with van der Waals surface area (Å²) >= 11 is 0. The first-order chi connectivity index (χ1) is 20.0. The predicted molar refractivity (Wildman–Crippen MR) is 134 cm³/mol. The average molecular weight is 624 g/mol. The smallest absolute Gasteiger partial charge is 0.354 e. The lowest BCUT2D eigenvalue weighted by atomic mass is 9.94. The van der Waals surface area contributed by atoms with Gasteiger partial charge in [0.05, 0.1) is 30.3 Å². The van der Waals surface area contributed by atoms with Crippen LogP contribution in [-0.2, 0) is 43.5 Å². The molecule has 1 fully saturated rings. The first-order valence-electron chi connectivity index (χ1n) is 12.9. The van der Waals surface area contributed by atoms with Gasteiger partial charge in [-0.1, -0.05) is 18.1 Å². The van der Waals surface area contributed by atoms with E-state index in [9.17, 15) is 44.3 Å². The summed E-state index contributed by atoms with van der Waals surface area (Å²) < 4.78 is 123. The number of amides is 1. The highest BCUT2D eigenvalue weighted by Gasteiger charge is 2.38. The number of benzene rings is 2. The van der Waals surface area contributed by atoms with Gasteiger partial charge in [0.25, 0.3) is 5.95 Å². The van der Waals surface area contributed by atoms with Crippen LogP contribution >= 0.6 is 0 Å². The molecule has 1 N–H and O–H groups in total. The van der Waals surface area contributed by atoms with Gasteiger partial charge in [-0.2, -0.15) is 44.3 Å². The Kier molecular flexibility index (Phi) is 8.95. The Morgan fingerprint density at radius 3 is 2.05 bits per heavy atom. The van der Waals surface area contributed by atoms with Gasteiger partial charge < -0.3 is 10.2 Å². The number of anilines is 1. The van der Waals surface area contributed by atoms with Gasteiger partial charge in [-0.15, -0.1) is 5.10 Å². The molecule has 2 heterocycles. The Bertz CT molecular complexity index is 1420. The highest BCUT2D eigenvalue weighted by atomic mass is 19.4. The van der Waals surface area contributed by atoms with Gasteiger partial charge in [0, 0.05) is 32.2 Å². The summed E-state index contributed by atoms with van der Waals surface area (Å²) in [5, 5.41) is 14.2. The maximum atomic E-state index is 13.8. The van der Waals surface area contributed by atoms with E-state index < -0.39 is 59.9 Å². The zero-order chi connectivity index (χ0) is 31.7. The monoisotopic (exact) mass is 623 g/mol. The summed E-state index contributed by atoms with van der Waals surface area (Å²) in [6, 6.07) is 3.56. The van der Waals surface area contributed by atoms with Gasteiger partial charge in [-0.05, 0) is 58.7 Å². The summed E-state index contributed by atoms with van der Waals surface area (Å²) in [7, 11) is 1.37. The molecule has 1 aliphatic heterocycles. The van der Waals surface area contributed by atoms with E-state index >= 15 is 0 Å². The van der Waals surface area contributed by atoms with E-state index in [2.05, 4.69) is 20.7 Å². The second-order valence-electron chi connectivity index (χ2n) is 10.0. The SMILES string of the molecule is CCC(c1ccc(C(F)(F)F)cc1CN(Cc1cc(C(F)(F)F)cc(C(F)(F)F)c1)c1nnn(C)n1)N1CCNC(=O)C1. The number of hydrogen-bond acceptors (Lipinski definition) is 6. The highest BCUT2D eigenvalue weighted by Crippen LogP contribution is 2.38. The van der Waals surface area contributed by atoms with Crippen molar-refractivity contribution in [2.24, 2.45) is 7.05 Å². The van der Waals surface area contributed by atoms with Crippen LogP contribution in [0.3, 0.4) is 0 Å². The number of carbonyl (C=O) groups is 1. The molecule has 0 radical (unpaired) electrons. The summed E-state index contributed by atoms with van der Waals surface area (Å²) in [5.41, 5.74) is -4.05. The molecule has 0 bridgehead atoms. The lowest BCUT2D eigenvalue weighted by Gasteiger charge is -2.35. The van der Waals surface area contributed by atoms with Crippen molar-refractivity contribution in [2.45, 2.75) is 51.0 Å². The fourth-order valence-corrected chi connectivity index (χ4v) is 4.98. The van der Waals surface area contributed by atoms with E-state index in [0.29, 0.717) is 37.2 Å². The quantitative estimate of drug-likeness (QED) is 0.341. The van der Waals surface area contributed by atoms with Crippen molar-refractivity contribution in [2.75, 3.05) is 24.5 Å². The Morgan fingerprint density at radius 1 is 0.907 bits per heavy atom. The molecule has 0 saturated carbocycles. The van der Waals surface area contributed by atoms with Crippen molar-refractivity contribution < 1.29 is 44.3 Å². The molecular formula is C26H26F9N7O. The molecular weight excluding hydrogens is 597 g/mol. The maximum Gasteiger partial charge on any atom is 0.416 e. The summed E-state index contributed by atoms with van der Waals surface area (Å²) in [5.74, 6) is -0.504. The third-order valence-corrected chi connectivity index (χ3v) is 6.89. The van der Waals surface area contributed by atoms with Gasteiger partial charge in [-0.3, -0.25) is 9.69 Å². The normalized spacial score (nSPS) is 15.8. The van der Waals surface area contributed by atoms with Crippen molar-refractivity contribution >= 4 is 11.9 Å². The number of carbonyl (C=O) groups excluding carboxylic acids is 1. The van der Waals surface area contributed by atoms with Crippen LogP contribution in [0.25, 0.3) is 0 Å². The Morgan fingerprint density at radius 2 is 1.53 bits per heavy atom. The molecule has 8 nitrogen and oxygen atoms in total. The number of piperazine rings is 1. The molecule has 1 aromatic heterocycles. The molecule has 1 aliphatic rings. The third-order valence-electron chi connectivity index (χ3n) is 6.89. The number of aryl methyl sites for hydroxylation is 1. The molecule has 17 heteroatoms. The third kappa shape index (κ3) is 7.74. The molecule has 1 amide bonds. The van der Waals surface area contributed by atoms with Gasteiger partial charge in [-0.25, -0.2) is 0 Å². The number of nitrogens with zero attached hydrogens (tertiary/aromatic N) is 6. The van der Waals surface area contributed by atoms with Crippen molar-refractivity contribution in [3.05, 3.63) is 69.8 Å². The molecule has 1 atom stereocenters. The topological polar surface area (TPSA) is 79.2 Å². The highest BCUT2D eigenvalue weighted by molar-refractivity contribution is 5.78. The molecule has 1 unspecified atom stereocenters. The first kappa shape index (κ1) is 32.0. The fourth-order valence-electron chi connectivity index (χ4n) is 4.98. The summed E-state index contributed by atoms with van der Waals surface area (Å²) in [6.45, 7) is 1.43. The van der Waals surface area contributed by atoms with E-state index in [0.717, 1.165) is 21.8 Å². The van der Waals surface area contributed by atoms with Gasteiger partial charge in [0.15, 0.2) is 0 Å². The molecule has 3 aromatic rings. The van der Waals surface area contributed by atoms with Crippen LogP contribution in [0.5, 0.6) is 0 Å². The van der Waals surface area contributed by atoms with Crippen LogP contribution in [0.4, 0.5) is 45.5 Å². The molecule has 1 saturated heterocycles. The molecule has 4 rings (SSSR count). The number of halogens is 9. The predicted octanol–water partition coefficient (Wildman–Crippen LogP) is 5.36. The number of alkyl halides is 9. The van der Waals surface area contributed by atoms with Crippen LogP contribution in [0.15, 0.2) is 36.4 Å². The maximum absolute atomic E-state index is 13.8. The second kappa shape index (κ2) is 12.0. The lowest BCUT2D eigenvalue weighted by molar-refractivity contribution is -0.143. The largest absolute Gasteiger partial charge is 0.416 e. The van der Waals surface area contributed by atoms with Crippen LogP contribution < -0.4 is 10.2 Å². The lowest BCUT2D eigenvalue weighted by Crippen LogP contribution is -2.49. The molecule has 2 aromatic carbocycles. The molecule has 43 heavy (non-hydrogen) atoms. The number of nitrogens with one attached hydrogen (secondary N) is 1. The van der Waals surface area contributed by atoms with Crippen molar-refractivity contribution in [3.8, 4) is 0 Å². The second-order valence-corrected chi connectivity index (χ2v) is 10.0. The van der Waals surface area contributed by atoms with Crippen molar-refractivity contribution in [3.63, 3.8) is 0 Å². The molecule has 234 valence electrons. The standard InChI is InChI=1S/C26H26F9N7O/c1-3-21(41-7-6-36-22(43)14-41)20-5-4-17(24(27,28)29)10-16(20)13-42(23-37-39-40(2)38-23)12-15-8-18(25(30,31)32)11-19(9-15)26(33,34)35/h4-5,8-11,21H,3,6-7,12-14H2,1-2H3,(H,36,43). The zero-order valence-corrected chi connectivity index (χ0v) is 22.8. The summed E-state index contributed by atoms with van der Waals surface area (Å²) in [4.78, 5) is 16.0. The van der Waals surface area contributed by atoms with E-state index in [-0.39, 0.29) is 30.0 Å². The minimum atomic E-state index is -5.10. The van der Waals surface area contributed by atoms with Crippen LogP contribution in [0.2, 0.25) is 0 Å². The number of aromatic nitrogens is 4. The minimum Gasteiger partial charge on any atom is -0.354 e. The summed E-state index contributed by atoms with van der Waals surface area (Å²) in [6.07, 6.45) is -14.6. The van der Waals surface area contributed by atoms with Crippen LogP contribution in [0, 0.1) is 0 Å². The van der Waals surface area contributed by atoms with E-state index in [1.165, 1.54) is 13.1 Å². The van der Waals surface area contributed by atoms with Gasteiger partial charge >= 0.3 is 18.5 Å². The minimum absolute atomic E-state index is 0.0140. The Hall–Kier alpha value is -3.89. The van der Waals surface area contributed by atoms with Crippen molar-refractivity contribution in [1.82, 2.24) is 30.4 Å². The average Bonchev–Trinajstić information content (AvgIpc) is 3.34. The Balaban J connectivity index is 1.82. The van der Waals surface area contributed by atoms with Gasteiger partial charge in [0.1, 0.15) is 0 Å². The van der Waals surface area contributed by atoms with E-state index in [1.807, 2.05) is 0 Å². The number of hydrogen-bond donors (Lipinski definition) is 1. The van der Waals surface area contributed by atoms with Crippen LogP contribution in [0.1, 0.15) is 52.8 Å². The van der Waals surface area contributed by atoms with Gasteiger partial charge in [0.2, 0.25) is 5.91 Å². The number of rotatable bonds is 8. The van der Waals surface area contributed by atoms with E-state index in [1.54, 1.807) is 11.8 Å². The zero-order valence-electron chi connectivity index (χ0n) is 22.8. The molecule has 0 aliphatic carbocycles.